The van der Waals surface area contributed by atoms with Gasteiger partial charge in [-0.2, -0.15) is 0 Å². The lowest BCUT2D eigenvalue weighted by molar-refractivity contribution is 0.103. The first kappa shape index (κ1) is 11.7. The van der Waals surface area contributed by atoms with Crippen LogP contribution in [0.15, 0.2) is 60.7 Å². The van der Waals surface area contributed by atoms with Crippen molar-refractivity contribution in [3.8, 4) is 6.57 Å². The lowest BCUT2D eigenvalue weighted by Crippen LogP contribution is -1.99. The van der Waals surface area contributed by atoms with Gasteiger partial charge in [0.15, 0.2) is 5.78 Å². The van der Waals surface area contributed by atoms with Crippen molar-refractivity contribution in [1.82, 2.24) is 0 Å². The molecule has 0 N–H and O–H groups in total. The Morgan fingerprint density at radius 1 is 0.750 bits per heavy atom. The fourth-order valence-corrected chi connectivity index (χ4v) is 1.35. The Hall–Kier alpha value is -2.40. The van der Waals surface area contributed by atoms with Gasteiger partial charge in [0.25, 0.3) is 0 Å². The van der Waals surface area contributed by atoms with Crippen LogP contribution in [0.4, 0.5) is 0 Å². The quantitative estimate of drug-likeness (QED) is 0.713. The van der Waals surface area contributed by atoms with Crippen LogP contribution >= 0.6 is 0 Å². The topological polar surface area (TPSA) is 40.9 Å². The fourth-order valence-electron chi connectivity index (χ4n) is 1.35. The second kappa shape index (κ2) is 6.15. The van der Waals surface area contributed by atoms with Crippen LogP contribution < -0.4 is 0 Å². The van der Waals surface area contributed by atoms with Gasteiger partial charge in [0, 0.05) is 17.7 Å². The van der Waals surface area contributed by atoms with Crippen LogP contribution in [0.25, 0.3) is 0 Å². The highest BCUT2D eigenvalue weighted by atomic mass is 16.1. The normalized spacial score (nSPS) is 8.62. The van der Waals surface area contributed by atoms with E-state index in [1.54, 1.807) is 0 Å². The summed E-state index contributed by atoms with van der Waals surface area (Å²) in [5.74, 6) is 0.0752. The molecule has 78 valence electrons. The summed E-state index contributed by atoms with van der Waals surface area (Å²) in [6, 6.07) is 18.6. The molecule has 16 heavy (non-hydrogen) atoms. The average molecular weight is 209 g/mol. The number of ketones is 1. The molecule has 0 aliphatic rings. The zero-order chi connectivity index (χ0) is 11.8. The van der Waals surface area contributed by atoms with Gasteiger partial charge in [0.05, 0.1) is 0 Å². The maximum atomic E-state index is 11.8. The van der Waals surface area contributed by atoms with E-state index in [0.29, 0.717) is 0 Å². The Balaban J connectivity index is 0.000000606. The summed E-state index contributed by atoms with van der Waals surface area (Å²) in [5.41, 5.74) is 1.47. The van der Waals surface area contributed by atoms with Gasteiger partial charge < -0.3 is 0 Å². The maximum Gasteiger partial charge on any atom is 0.193 e. The van der Waals surface area contributed by atoms with E-state index in [-0.39, 0.29) is 5.78 Å². The number of hydrogen-bond acceptors (Lipinski definition) is 2. The lowest BCUT2D eigenvalue weighted by atomic mass is 10.0. The first-order chi connectivity index (χ1) is 7.88. The number of benzene rings is 2. The highest BCUT2D eigenvalue weighted by Gasteiger charge is 2.06. The number of nitrogens with zero attached hydrogens (tertiary/aromatic N) is 1. The SMILES string of the molecule is C#N.O=C(c1ccccc1)c1ccccc1. The summed E-state index contributed by atoms with van der Waals surface area (Å²) in [6.45, 7) is 3.50. The van der Waals surface area contributed by atoms with E-state index < -0.39 is 0 Å². The van der Waals surface area contributed by atoms with Gasteiger partial charge >= 0.3 is 0 Å². The molecule has 2 heteroatoms. The third-order valence-corrected chi connectivity index (χ3v) is 2.07. The fraction of sp³-hybridized carbons (Fsp3) is 0. The van der Waals surface area contributed by atoms with Crippen LogP contribution in [0.1, 0.15) is 15.9 Å². The Bertz CT molecular complexity index is 418. The van der Waals surface area contributed by atoms with E-state index in [1.165, 1.54) is 0 Å². The number of carbonyl (C=O) groups is 1. The molecule has 0 atom stereocenters. The van der Waals surface area contributed by atoms with Crippen LogP contribution in [0, 0.1) is 11.8 Å². The summed E-state index contributed by atoms with van der Waals surface area (Å²) < 4.78 is 0. The third-order valence-electron chi connectivity index (χ3n) is 2.07. The van der Waals surface area contributed by atoms with Gasteiger partial charge in [-0.3, -0.25) is 4.79 Å². The van der Waals surface area contributed by atoms with Crippen molar-refractivity contribution in [2.45, 2.75) is 0 Å². The number of nitriles is 1. The molecule has 2 aromatic carbocycles. The van der Waals surface area contributed by atoms with Crippen LogP contribution in [-0.4, -0.2) is 5.78 Å². The van der Waals surface area contributed by atoms with E-state index in [4.69, 9.17) is 5.26 Å². The Morgan fingerprint density at radius 2 is 1.06 bits per heavy atom. The summed E-state index contributed by atoms with van der Waals surface area (Å²) in [4.78, 5) is 11.8. The summed E-state index contributed by atoms with van der Waals surface area (Å²) in [5, 5.41) is 6.50. The number of carbonyl (C=O) groups excluding carboxylic acids is 1. The summed E-state index contributed by atoms with van der Waals surface area (Å²) in [7, 11) is 0. The molecular weight excluding hydrogens is 198 g/mol. The zero-order valence-corrected chi connectivity index (χ0v) is 8.71. The van der Waals surface area contributed by atoms with Crippen molar-refractivity contribution in [3.05, 3.63) is 71.8 Å². The molecule has 0 amide bonds. The first-order valence-corrected chi connectivity index (χ1v) is 4.78. The predicted octanol–water partition coefficient (Wildman–Crippen LogP) is 3.06. The molecule has 2 nitrogen and oxygen atoms in total. The highest BCUT2D eigenvalue weighted by Crippen LogP contribution is 2.08. The molecular formula is C14H11NO. The third kappa shape index (κ3) is 2.79. The van der Waals surface area contributed by atoms with Crippen molar-refractivity contribution in [2.75, 3.05) is 0 Å². The second-order valence-electron chi connectivity index (χ2n) is 3.06. The summed E-state index contributed by atoms with van der Waals surface area (Å²) in [6.07, 6.45) is 0. The molecule has 0 aromatic heterocycles. The van der Waals surface area contributed by atoms with Crippen molar-refractivity contribution >= 4 is 5.78 Å². The molecule has 0 heterocycles. The van der Waals surface area contributed by atoms with Crippen molar-refractivity contribution in [2.24, 2.45) is 0 Å². The molecule has 0 radical (unpaired) electrons. The van der Waals surface area contributed by atoms with Crippen LogP contribution in [0.3, 0.4) is 0 Å². The largest absolute Gasteiger partial charge is 0.289 e. The molecule has 0 saturated carbocycles. The highest BCUT2D eigenvalue weighted by molar-refractivity contribution is 6.08. The van der Waals surface area contributed by atoms with Crippen LogP contribution in [0.2, 0.25) is 0 Å². The van der Waals surface area contributed by atoms with E-state index in [1.807, 2.05) is 60.7 Å². The minimum atomic E-state index is 0.0752. The van der Waals surface area contributed by atoms with E-state index >= 15 is 0 Å². The number of rotatable bonds is 2. The average Bonchev–Trinajstić information content (AvgIpc) is 2.42. The Morgan fingerprint density at radius 3 is 1.38 bits per heavy atom. The van der Waals surface area contributed by atoms with Crippen LogP contribution in [-0.2, 0) is 0 Å². The van der Waals surface area contributed by atoms with Gasteiger partial charge in [0.2, 0.25) is 0 Å². The van der Waals surface area contributed by atoms with E-state index in [2.05, 4.69) is 6.57 Å². The van der Waals surface area contributed by atoms with Gasteiger partial charge in [0.1, 0.15) is 0 Å². The van der Waals surface area contributed by atoms with Gasteiger partial charge in [-0.15, -0.1) is 0 Å². The molecule has 0 aliphatic carbocycles. The van der Waals surface area contributed by atoms with Gasteiger partial charge in [-0.25, -0.2) is 5.26 Å². The molecule has 2 rings (SSSR count). The Kier molecular flexibility index (Phi) is 4.49. The molecule has 0 aliphatic heterocycles. The molecule has 0 bridgehead atoms. The van der Waals surface area contributed by atoms with E-state index in [0.717, 1.165) is 11.1 Å². The number of hydrogen-bond donors (Lipinski definition) is 0. The standard InChI is InChI=1S/C13H10O.CHN/c14-13(11-7-3-1-4-8-11)12-9-5-2-6-10-12;1-2/h1-10H;1H. The lowest BCUT2D eigenvalue weighted by Gasteiger charge is -1.99. The van der Waals surface area contributed by atoms with Gasteiger partial charge in [-0.1, -0.05) is 60.7 Å². The zero-order valence-electron chi connectivity index (χ0n) is 8.71. The van der Waals surface area contributed by atoms with Crippen LogP contribution in [0.5, 0.6) is 0 Å². The van der Waals surface area contributed by atoms with E-state index in [9.17, 15) is 4.79 Å². The predicted molar refractivity (Wildman–Crippen MR) is 63.0 cm³/mol. The first-order valence-electron chi connectivity index (χ1n) is 4.78. The second-order valence-corrected chi connectivity index (χ2v) is 3.06. The van der Waals surface area contributed by atoms with Gasteiger partial charge in [-0.05, 0) is 0 Å². The molecule has 0 saturated heterocycles. The van der Waals surface area contributed by atoms with Crippen molar-refractivity contribution in [3.63, 3.8) is 0 Å². The van der Waals surface area contributed by atoms with Crippen molar-refractivity contribution in [1.29, 1.82) is 5.26 Å². The summed E-state index contributed by atoms with van der Waals surface area (Å²) >= 11 is 0. The molecule has 0 unspecified atom stereocenters. The van der Waals surface area contributed by atoms with Crippen molar-refractivity contribution < 1.29 is 4.79 Å². The minimum Gasteiger partial charge on any atom is -0.289 e. The minimum absolute atomic E-state index is 0.0752. The molecule has 2 aromatic rings. The smallest absolute Gasteiger partial charge is 0.193 e. The Labute approximate surface area is 94.8 Å². The molecule has 0 fully saturated rings. The maximum absolute atomic E-state index is 11.8. The molecule has 0 spiro atoms. The monoisotopic (exact) mass is 209 g/mol.